The third-order valence-electron chi connectivity index (χ3n) is 3.83. The van der Waals surface area contributed by atoms with E-state index in [0.29, 0.717) is 23.3 Å². The van der Waals surface area contributed by atoms with E-state index in [1.54, 1.807) is 19.2 Å². The van der Waals surface area contributed by atoms with Crippen molar-refractivity contribution in [3.05, 3.63) is 23.8 Å². The van der Waals surface area contributed by atoms with Gasteiger partial charge in [-0.3, -0.25) is 4.79 Å². The van der Waals surface area contributed by atoms with Crippen LogP contribution in [0.15, 0.2) is 18.2 Å². The van der Waals surface area contributed by atoms with Gasteiger partial charge in [0.1, 0.15) is 11.5 Å². The van der Waals surface area contributed by atoms with Crippen molar-refractivity contribution in [3.8, 4) is 11.5 Å². The molecule has 19 heavy (non-hydrogen) atoms. The number of methoxy groups -OCH3 is 1. The fraction of sp³-hybridized carbons (Fsp3) is 0.533. The van der Waals surface area contributed by atoms with Crippen LogP contribution in [-0.2, 0) is 0 Å². The number of amides is 1. The van der Waals surface area contributed by atoms with Gasteiger partial charge in [-0.05, 0) is 49.8 Å². The molecule has 102 valence electrons. The van der Waals surface area contributed by atoms with Gasteiger partial charge in [-0.25, -0.2) is 0 Å². The van der Waals surface area contributed by atoms with Gasteiger partial charge in [-0.2, -0.15) is 0 Å². The highest BCUT2D eigenvalue weighted by molar-refractivity contribution is 5.97. The van der Waals surface area contributed by atoms with Gasteiger partial charge in [-0.1, -0.05) is 0 Å². The number of benzene rings is 1. The number of ether oxygens (including phenoxy) is 1. The van der Waals surface area contributed by atoms with E-state index >= 15 is 0 Å². The number of phenols is 1. The molecule has 0 saturated heterocycles. The van der Waals surface area contributed by atoms with Gasteiger partial charge >= 0.3 is 0 Å². The monoisotopic (exact) mass is 261 g/mol. The fourth-order valence-electron chi connectivity index (χ4n) is 2.33. The van der Waals surface area contributed by atoms with Crippen molar-refractivity contribution < 1.29 is 14.6 Å². The minimum atomic E-state index is -0.0641. The van der Waals surface area contributed by atoms with Gasteiger partial charge in [0.25, 0.3) is 5.91 Å². The molecule has 4 nitrogen and oxygen atoms in total. The Morgan fingerprint density at radius 2 is 2.11 bits per heavy atom. The van der Waals surface area contributed by atoms with Gasteiger partial charge < -0.3 is 14.7 Å². The van der Waals surface area contributed by atoms with Crippen LogP contribution in [0.25, 0.3) is 0 Å². The predicted molar refractivity (Wildman–Crippen MR) is 71.4 cm³/mol. The van der Waals surface area contributed by atoms with Gasteiger partial charge in [0.05, 0.1) is 12.7 Å². The van der Waals surface area contributed by atoms with Crippen LogP contribution >= 0.6 is 0 Å². The van der Waals surface area contributed by atoms with Crippen LogP contribution in [0.4, 0.5) is 0 Å². The molecule has 0 unspecified atom stereocenters. The third kappa shape index (κ3) is 2.67. The van der Waals surface area contributed by atoms with Crippen LogP contribution < -0.4 is 4.74 Å². The van der Waals surface area contributed by atoms with Crippen LogP contribution in [0.1, 0.15) is 36.0 Å². The highest BCUT2D eigenvalue weighted by Gasteiger charge is 2.37. The third-order valence-corrected chi connectivity index (χ3v) is 3.83. The molecule has 2 saturated carbocycles. The first-order valence-corrected chi connectivity index (χ1v) is 6.87. The molecule has 1 aromatic carbocycles. The van der Waals surface area contributed by atoms with E-state index in [2.05, 4.69) is 0 Å². The lowest BCUT2D eigenvalue weighted by Gasteiger charge is -2.23. The lowest BCUT2D eigenvalue weighted by Crippen LogP contribution is -2.35. The molecule has 0 aromatic heterocycles. The number of hydrogen-bond acceptors (Lipinski definition) is 3. The zero-order chi connectivity index (χ0) is 13.4. The summed E-state index contributed by atoms with van der Waals surface area (Å²) in [6.07, 6.45) is 4.62. The van der Waals surface area contributed by atoms with Crippen molar-refractivity contribution in [3.63, 3.8) is 0 Å². The molecule has 1 amide bonds. The first-order valence-electron chi connectivity index (χ1n) is 6.87. The molecule has 3 rings (SSSR count). The second-order valence-electron chi connectivity index (χ2n) is 5.52. The van der Waals surface area contributed by atoms with Crippen molar-refractivity contribution in [2.24, 2.45) is 5.92 Å². The topological polar surface area (TPSA) is 49.8 Å². The molecule has 0 heterocycles. The molecule has 2 aliphatic rings. The SMILES string of the molecule is COc1ccc(O)c(C(=O)N(CC2CC2)C2CC2)c1. The van der Waals surface area contributed by atoms with Gasteiger partial charge in [0.15, 0.2) is 0 Å². The molecule has 4 heteroatoms. The molecule has 0 radical (unpaired) electrons. The average molecular weight is 261 g/mol. The minimum Gasteiger partial charge on any atom is -0.507 e. The number of hydrogen-bond donors (Lipinski definition) is 1. The Labute approximate surface area is 113 Å². The summed E-state index contributed by atoms with van der Waals surface area (Å²) in [5.41, 5.74) is 0.354. The van der Waals surface area contributed by atoms with E-state index in [9.17, 15) is 9.90 Å². The van der Waals surface area contributed by atoms with Crippen molar-refractivity contribution in [1.82, 2.24) is 4.90 Å². The Morgan fingerprint density at radius 3 is 2.68 bits per heavy atom. The number of aromatic hydroxyl groups is 1. The lowest BCUT2D eigenvalue weighted by atomic mass is 10.1. The van der Waals surface area contributed by atoms with Crippen LogP contribution in [0.3, 0.4) is 0 Å². The summed E-state index contributed by atoms with van der Waals surface area (Å²) in [5.74, 6) is 1.23. The zero-order valence-corrected chi connectivity index (χ0v) is 11.1. The quantitative estimate of drug-likeness (QED) is 0.885. The van der Waals surface area contributed by atoms with Gasteiger partial charge in [0.2, 0.25) is 0 Å². The molecular weight excluding hydrogens is 242 g/mol. The first kappa shape index (κ1) is 12.3. The number of rotatable bonds is 5. The zero-order valence-electron chi connectivity index (χ0n) is 11.1. The van der Waals surface area contributed by atoms with Crippen LogP contribution in [0.5, 0.6) is 11.5 Å². The summed E-state index contributed by atoms with van der Waals surface area (Å²) in [7, 11) is 1.56. The molecule has 0 aliphatic heterocycles. The molecule has 0 spiro atoms. The Morgan fingerprint density at radius 1 is 1.37 bits per heavy atom. The highest BCUT2D eigenvalue weighted by atomic mass is 16.5. The molecule has 0 bridgehead atoms. The van der Waals surface area contributed by atoms with Gasteiger partial charge in [-0.15, -0.1) is 0 Å². The number of carbonyl (C=O) groups excluding carboxylic acids is 1. The Balaban J connectivity index is 1.83. The summed E-state index contributed by atoms with van der Waals surface area (Å²) in [6.45, 7) is 0.833. The van der Waals surface area contributed by atoms with Crippen molar-refractivity contribution in [2.75, 3.05) is 13.7 Å². The Kier molecular flexibility index (Phi) is 3.09. The molecule has 2 aliphatic carbocycles. The molecule has 2 fully saturated rings. The largest absolute Gasteiger partial charge is 0.507 e. The average Bonchev–Trinajstić information content (AvgIpc) is 3.28. The molecule has 1 aromatic rings. The normalized spacial score (nSPS) is 18.2. The van der Waals surface area contributed by atoms with Crippen molar-refractivity contribution in [1.29, 1.82) is 0 Å². The van der Waals surface area contributed by atoms with E-state index in [1.165, 1.54) is 18.9 Å². The van der Waals surface area contributed by atoms with Crippen molar-refractivity contribution in [2.45, 2.75) is 31.7 Å². The molecular formula is C15H19NO3. The van der Waals surface area contributed by atoms with E-state index in [1.807, 2.05) is 4.90 Å². The number of carbonyl (C=O) groups is 1. The number of phenolic OH excluding ortho intramolecular Hbond substituents is 1. The van der Waals surface area contributed by atoms with E-state index in [-0.39, 0.29) is 11.7 Å². The maximum absolute atomic E-state index is 12.6. The van der Waals surface area contributed by atoms with E-state index in [0.717, 1.165) is 19.4 Å². The first-order chi connectivity index (χ1) is 9.19. The maximum atomic E-state index is 12.6. The Bertz CT molecular complexity index is 492. The summed E-state index contributed by atoms with van der Waals surface area (Å²) < 4.78 is 5.13. The van der Waals surface area contributed by atoms with Crippen LogP contribution in [0, 0.1) is 5.92 Å². The standard InChI is InChI=1S/C15H19NO3/c1-19-12-6-7-14(17)13(8-12)15(18)16(11-4-5-11)9-10-2-3-10/h6-8,10-11,17H,2-5,9H2,1H3. The predicted octanol–water partition coefficient (Wildman–Crippen LogP) is 2.42. The van der Waals surface area contributed by atoms with E-state index in [4.69, 9.17) is 4.74 Å². The van der Waals surface area contributed by atoms with Crippen LogP contribution in [-0.4, -0.2) is 35.6 Å². The van der Waals surface area contributed by atoms with Gasteiger partial charge in [0, 0.05) is 12.6 Å². The second-order valence-corrected chi connectivity index (χ2v) is 5.52. The second kappa shape index (κ2) is 4.76. The minimum absolute atomic E-state index is 0.0345. The summed E-state index contributed by atoms with van der Waals surface area (Å²) >= 11 is 0. The summed E-state index contributed by atoms with van der Waals surface area (Å²) in [6, 6.07) is 5.18. The summed E-state index contributed by atoms with van der Waals surface area (Å²) in [4.78, 5) is 14.5. The van der Waals surface area contributed by atoms with Crippen LogP contribution in [0.2, 0.25) is 0 Å². The number of nitrogens with zero attached hydrogens (tertiary/aromatic N) is 1. The maximum Gasteiger partial charge on any atom is 0.258 e. The highest BCUT2D eigenvalue weighted by Crippen LogP contribution is 2.36. The lowest BCUT2D eigenvalue weighted by molar-refractivity contribution is 0.0731. The van der Waals surface area contributed by atoms with Crippen molar-refractivity contribution >= 4 is 5.91 Å². The molecule has 1 N–H and O–H groups in total. The summed E-state index contributed by atoms with van der Waals surface area (Å²) in [5, 5.41) is 9.90. The van der Waals surface area contributed by atoms with E-state index < -0.39 is 0 Å². The fourth-order valence-corrected chi connectivity index (χ4v) is 2.33. The molecule has 0 atom stereocenters. The Hall–Kier alpha value is -1.71. The smallest absolute Gasteiger partial charge is 0.258 e.